The van der Waals surface area contributed by atoms with Gasteiger partial charge in [-0.05, 0) is 32.8 Å². The number of amides is 3. The molecule has 3 N–H and O–H groups in total. The van der Waals surface area contributed by atoms with Gasteiger partial charge in [0.1, 0.15) is 5.69 Å². The van der Waals surface area contributed by atoms with Gasteiger partial charge in [-0.2, -0.15) is 0 Å². The summed E-state index contributed by atoms with van der Waals surface area (Å²) in [6.45, 7) is 6.79. The molecule has 1 aromatic heterocycles. The van der Waals surface area contributed by atoms with Crippen LogP contribution in [0.2, 0.25) is 0 Å². The van der Waals surface area contributed by atoms with Crippen LogP contribution in [-0.2, 0) is 20.7 Å². The SMILES string of the molecule is CCNC(=O)NC(=O)C(C)OC(=O)c1[nH]c(CC)c(C(=O)OC)c1C. The van der Waals surface area contributed by atoms with Crippen LogP contribution in [-0.4, -0.2) is 48.6 Å². The summed E-state index contributed by atoms with van der Waals surface area (Å²) >= 11 is 0. The molecule has 0 aliphatic heterocycles. The van der Waals surface area contributed by atoms with Crippen LogP contribution in [0.25, 0.3) is 0 Å². The molecule has 0 aromatic carbocycles. The number of urea groups is 1. The zero-order valence-electron chi connectivity index (χ0n) is 14.9. The van der Waals surface area contributed by atoms with Gasteiger partial charge < -0.3 is 19.8 Å². The Bertz CT molecular complexity index is 680. The molecule has 25 heavy (non-hydrogen) atoms. The Morgan fingerprint density at radius 3 is 2.32 bits per heavy atom. The first kappa shape index (κ1) is 20.2. The molecule has 138 valence electrons. The van der Waals surface area contributed by atoms with Crippen LogP contribution in [0.4, 0.5) is 4.79 Å². The molecular formula is C16H23N3O6. The number of imide groups is 1. The molecule has 0 spiro atoms. The van der Waals surface area contributed by atoms with Gasteiger partial charge in [0.15, 0.2) is 6.10 Å². The number of nitrogens with one attached hydrogen (secondary N) is 3. The predicted molar refractivity (Wildman–Crippen MR) is 88.3 cm³/mol. The standard InChI is InChI=1S/C16H23N3O6/c1-6-10-11(14(21)24-5)8(3)12(18-10)15(22)25-9(4)13(20)19-16(23)17-7-2/h9,18H,6-7H2,1-5H3,(H2,17,19,20,23). The molecule has 1 heterocycles. The summed E-state index contributed by atoms with van der Waals surface area (Å²) in [6, 6.07) is -0.673. The second-order valence-electron chi connectivity index (χ2n) is 5.22. The largest absolute Gasteiger partial charge is 0.465 e. The number of carbonyl (C=O) groups is 4. The minimum absolute atomic E-state index is 0.0647. The molecule has 0 radical (unpaired) electrons. The quantitative estimate of drug-likeness (QED) is 0.657. The zero-order valence-corrected chi connectivity index (χ0v) is 14.9. The minimum Gasteiger partial charge on any atom is -0.465 e. The number of ether oxygens (including phenoxy) is 2. The lowest BCUT2D eigenvalue weighted by molar-refractivity contribution is -0.127. The van der Waals surface area contributed by atoms with E-state index in [0.29, 0.717) is 24.2 Å². The number of aryl methyl sites for hydroxylation is 1. The van der Waals surface area contributed by atoms with Crippen LogP contribution in [0.1, 0.15) is 52.9 Å². The summed E-state index contributed by atoms with van der Waals surface area (Å²) < 4.78 is 9.79. The molecule has 9 nitrogen and oxygen atoms in total. The molecule has 0 saturated heterocycles. The highest BCUT2D eigenvalue weighted by molar-refractivity contribution is 6.00. The van der Waals surface area contributed by atoms with E-state index in [1.54, 1.807) is 13.8 Å². The fraction of sp³-hybridized carbons (Fsp3) is 0.500. The van der Waals surface area contributed by atoms with Gasteiger partial charge in [0.2, 0.25) is 0 Å². The van der Waals surface area contributed by atoms with Crippen molar-refractivity contribution in [2.75, 3.05) is 13.7 Å². The van der Waals surface area contributed by atoms with Crippen LogP contribution in [0.15, 0.2) is 0 Å². The summed E-state index contributed by atoms with van der Waals surface area (Å²) in [5.74, 6) is -2.13. The third-order valence-electron chi connectivity index (χ3n) is 3.50. The lowest BCUT2D eigenvalue weighted by Gasteiger charge is -2.13. The Balaban J connectivity index is 2.90. The van der Waals surface area contributed by atoms with Crippen molar-refractivity contribution >= 4 is 23.9 Å². The normalized spacial score (nSPS) is 11.4. The molecule has 0 bridgehead atoms. The Labute approximate surface area is 145 Å². The maximum atomic E-state index is 12.3. The fourth-order valence-corrected chi connectivity index (χ4v) is 2.20. The van der Waals surface area contributed by atoms with Crippen molar-refractivity contribution in [3.05, 3.63) is 22.5 Å². The van der Waals surface area contributed by atoms with E-state index in [1.807, 2.05) is 6.92 Å². The highest BCUT2D eigenvalue weighted by atomic mass is 16.5. The Hall–Kier alpha value is -2.84. The van der Waals surface area contributed by atoms with Crippen molar-refractivity contribution in [3.8, 4) is 0 Å². The predicted octanol–water partition coefficient (Wildman–Crippen LogP) is 1.06. The third kappa shape index (κ3) is 4.82. The zero-order chi connectivity index (χ0) is 19.1. The molecule has 1 aromatic rings. The molecule has 9 heteroatoms. The van der Waals surface area contributed by atoms with Gasteiger partial charge in [-0.1, -0.05) is 6.92 Å². The molecule has 1 unspecified atom stereocenters. The first-order chi connectivity index (χ1) is 11.8. The van der Waals surface area contributed by atoms with Crippen molar-refractivity contribution in [3.63, 3.8) is 0 Å². The Morgan fingerprint density at radius 1 is 1.16 bits per heavy atom. The summed E-state index contributed by atoms with van der Waals surface area (Å²) in [6.07, 6.45) is -0.712. The topological polar surface area (TPSA) is 127 Å². The smallest absolute Gasteiger partial charge is 0.355 e. The van der Waals surface area contributed by atoms with E-state index in [-0.39, 0.29) is 11.3 Å². The van der Waals surface area contributed by atoms with Gasteiger partial charge >= 0.3 is 18.0 Å². The van der Waals surface area contributed by atoms with Crippen molar-refractivity contribution < 1.29 is 28.7 Å². The van der Waals surface area contributed by atoms with Gasteiger partial charge in [-0.15, -0.1) is 0 Å². The second-order valence-corrected chi connectivity index (χ2v) is 5.22. The number of rotatable bonds is 6. The Kier molecular flexibility index (Phi) is 7.16. The maximum absolute atomic E-state index is 12.3. The van der Waals surface area contributed by atoms with E-state index >= 15 is 0 Å². The van der Waals surface area contributed by atoms with Gasteiger partial charge in [-0.25, -0.2) is 14.4 Å². The first-order valence-electron chi connectivity index (χ1n) is 7.86. The number of methoxy groups -OCH3 is 1. The Morgan fingerprint density at radius 2 is 1.80 bits per heavy atom. The number of aromatic nitrogens is 1. The average molecular weight is 353 g/mol. The van der Waals surface area contributed by atoms with E-state index in [1.165, 1.54) is 14.0 Å². The monoisotopic (exact) mass is 353 g/mol. The highest BCUT2D eigenvalue weighted by Gasteiger charge is 2.27. The minimum atomic E-state index is -1.19. The molecule has 3 amide bonds. The molecule has 0 saturated carbocycles. The molecule has 0 fully saturated rings. The average Bonchev–Trinajstić information content (AvgIpc) is 2.90. The number of hydrogen-bond acceptors (Lipinski definition) is 6. The second kappa shape index (κ2) is 8.86. The van der Waals surface area contributed by atoms with Crippen LogP contribution in [0, 0.1) is 6.92 Å². The van der Waals surface area contributed by atoms with Gasteiger partial charge in [0, 0.05) is 12.2 Å². The molecular weight excluding hydrogens is 330 g/mol. The van der Waals surface area contributed by atoms with Crippen LogP contribution in [0.5, 0.6) is 0 Å². The van der Waals surface area contributed by atoms with Gasteiger partial charge in [0.25, 0.3) is 5.91 Å². The first-order valence-corrected chi connectivity index (χ1v) is 7.86. The van der Waals surface area contributed by atoms with E-state index in [4.69, 9.17) is 9.47 Å². The van der Waals surface area contributed by atoms with E-state index in [2.05, 4.69) is 15.6 Å². The third-order valence-corrected chi connectivity index (χ3v) is 3.50. The summed E-state index contributed by atoms with van der Waals surface area (Å²) in [4.78, 5) is 50.1. The van der Waals surface area contributed by atoms with E-state index in [0.717, 1.165) is 0 Å². The molecule has 1 atom stereocenters. The molecule has 1 rings (SSSR count). The molecule has 0 aliphatic carbocycles. The van der Waals surface area contributed by atoms with Crippen LogP contribution < -0.4 is 10.6 Å². The fourth-order valence-electron chi connectivity index (χ4n) is 2.20. The number of carbonyl (C=O) groups excluding carboxylic acids is 4. The summed E-state index contributed by atoms with van der Waals surface area (Å²) in [7, 11) is 1.25. The van der Waals surface area contributed by atoms with E-state index in [9.17, 15) is 19.2 Å². The maximum Gasteiger partial charge on any atom is 0.355 e. The summed E-state index contributed by atoms with van der Waals surface area (Å²) in [5.41, 5.74) is 1.26. The lowest BCUT2D eigenvalue weighted by Crippen LogP contribution is -2.44. The summed E-state index contributed by atoms with van der Waals surface area (Å²) in [5, 5.41) is 4.45. The lowest BCUT2D eigenvalue weighted by atomic mass is 10.1. The van der Waals surface area contributed by atoms with Crippen molar-refractivity contribution in [2.24, 2.45) is 0 Å². The van der Waals surface area contributed by atoms with Gasteiger partial charge in [-0.3, -0.25) is 10.1 Å². The van der Waals surface area contributed by atoms with Crippen LogP contribution >= 0.6 is 0 Å². The highest BCUT2D eigenvalue weighted by Crippen LogP contribution is 2.21. The van der Waals surface area contributed by atoms with E-state index < -0.39 is 30.0 Å². The number of aromatic amines is 1. The van der Waals surface area contributed by atoms with Crippen molar-refractivity contribution in [1.29, 1.82) is 0 Å². The van der Waals surface area contributed by atoms with Crippen molar-refractivity contribution in [2.45, 2.75) is 40.2 Å². The van der Waals surface area contributed by atoms with Crippen molar-refractivity contribution in [1.82, 2.24) is 15.6 Å². The molecule has 0 aliphatic rings. The van der Waals surface area contributed by atoms with Gasteiger partial charge in [0.05, 0.1) is 12.7 Å². The number of H-pyrrole nitrogens is 1. The van der Waals surface area contributed by atoms with Crippen LogP contribution in [0.3, 0.4) is 0 Å². The number of hydrogen-bond donors (Lipinski definition) is 3. The number of esters is 2.